The highest BCUT2D eigenvalue weighted by atomic mass is 35.5. The third kappa shape index (κ3) is 10.7. The highest BCUT2D eigenvalue weighted by Crippen LogP contribution is 2.42. The van der Waals surface area contributed by atoms with E-state index in [1.165, 1.54) is 39.8 Å². The van der Waals surface area contributed by atoms with E-state index >= 15 is 0 Å². The molecule has 47 heavy (non-hydrogen) atoms. The molecule has 1 saturated heterocycles. The number of carbonyl (C=O) groups is 4. The zero-order chi connectivity index (χ0) is 32.7. The standard InChI is InChI=1S/C27H39N9O6S3.2ClH/c1-6-7-8-19(38)41-25(15(2)3)42-24(40)21-16(13-45-27-31-32-33-35(27)10-9-34(4)5)12-43-23-20(22(39)36(21)23)30-18(37)11-17-14-44-26(28)29-17;;/h14-15,20,23,25H,6-13H2,1-5H3,(H2,28,29)(H,30,37);2*1H/t20-,23-,25?;;/m1../s1. The Morgan fingerprint density at radius 1 is 1.23 bits per heavy atom. The van der Waals surface area contributed by atoms with Crippen LogP contribution in [0.25, 0.3) is 0 Å². The number of aromatic nitrogens is 5. The third-order valence-corrected chi connectivity index (χ3v) is 9.96. The first-order valence-corrected chi connectivity index (χ1v) is 17.5. The number of hydrogen-bond donors (Lipinski definition) is 2. The van der Waals surface area contributed by atoms with Gasteiger partial charge in [-0.05, 0) is 36.5 Å². The Hall–Kier alpha value is -2.64. The Morgan fingerprint density at radius 3 is 2.62 bits per heavy atom. The van der Waals surface area contributed by atoms with Gasteiger partial charge in [-0.1, -0.05) is 39.0 Å². The van der Waals surface area contributed by atoms with E-state index in [0.29, 0.717) is 46.0 Å². The van der Waals surface area contributed by atoms with Crippen LogP contribution >= 0.6 is 59.7 Å². The van der Waals surface area contributed by atoms with Crippen LogP contribution in [0.5, 0.6) is 0 Å². The number of hydrogen-bond acceptors (Lipinski definition) is 15. The normalized spacial score (nSPS) is 17.8. The van der Waals surface area contributed by atoms with E-state index in [1.54, 1.807) is 23.9 Å². The Labute approximate surface area is 298 Å². The summed E-state index contributed by atoms with van der Waals surface area (Å²) >= 11 is 4.01. The van der Waals surface area contributed by atoms with Crippen LogP contribution in [0.3, 0.4) is 0 Å². The molecule has 262 valence electrons. The van der Waals surface area contributed by atoms with Crippen molar-refractivity contribution in [3.05, 3.63) is 22.3 Å². The Morgan fingerprint density at radius 2 is 1.98 bits per heavy atom. The van der Waals surface area contributed by atoms with Gasteiger partial charge in [0.25, 0.3) is 5.91 Å². The van der Waals surface area contributed by atoms with Crippen molar-refractivity contribution in [2.24, 2.45) is 5.92 Å². The molecule has 1 unspecified atom stereocenters. The topological polar surface area (TPSA) is 188 Å². The fourth-order valence-electron chi connectivity index (χ4n) is 4.43. The molecule has 2 aliphatic rings. The number of thiazole rings is 1. The van der Waals surface area contributed by atoms with Crippen molar-refractivity contribution < 1.29 is 28.7 Å². The highest BCUT2D eigenvalue weighted by Gasteiger charge is 2.54. The van der Waals surface area contributed by atoms with Crippen molar-refractivity contribution in [1.82, 2.24) is 40.3 Å². The molecule has 3 atom stereocenters. The molecule has 2 aromatic heterocycles. The maximum atomic E-state index is 13.8. The molecule has 20 heteroatoms. The number of unbranched alkanes of at least 4 members (excludes halogenated alkanes) is 1. The van der Waals surface area contributed by atoms with Gasteiger partial charge in [0.1, 0.15) is 17.1 Å². The minimum atomic E-state index is -1.13. The van der Waals surface area contributed by atoms with Crippen molar-refractivity contribution in [3.8, 4) is 0 Å². The minimum Gasteiger partial charge on any atom is -0.425 e. The molecule has 0 aromatic carbocycles. The van der Waals surface area contributed by atoms with Crippen LogP contribution in [-0.4, -0.2) is 109 Å². The lowest BCUT2D eigenvalue weighted by atomic mass is 10.0. The number of β-lactam (4-membered cyclic amide) rings is 1. The van der Waals surface area contributed by atoms with Crippen LogP contribution in [-0.2, 0) is 41.6 Å². The molecule has 2 aromatic rings. The SMILES string of the molecule is CCCCC(=O)OC(OC(=O)C1=C(CSc2nnnn2CCN(C)C)CS[C@@H]2[C@H](NC(=O)Cc3csc(N)n3)C(=O)N12)C(C)C.Cl.Cl. The van der Waals surface area contributed by atoms with Gasteiger partial charge in [-0.25, -0.2) is 14.5 Å². The molecule has 2 amide bonds. The molecule has 0 bridgehead atoms. The number of nitrogens with two attached hydrogens (primary N) is 1. The quantitative estimate of drug-likeness (QED) is 0.110. The van der Waals surface area contributed by atoms with Gasteiger partial charge < -0.3 is 25.4 Å². The number of nitrogens with zero attached hydrogens (tertiary/aromatic N) is 7. The lowest BCUT2D eigenvalue weighted by Gasteiger charge is -2.49. The highest BCUT2D eigenvalue weighted by molar-refractivity contribution is 8.01. The Balaban J connectivity index is 0.00000384. The van der Waals surface area contributed by atoms with Gasteiger partial charge in [0, 0.05) is 35.8 Å². The number of rotatable bonds is 16. The summed E-state index contributed by atoms with van der Waals surface area (Å²) in [7, 11) is 3.91. The number of esters is 2. The first kappa shape index (κ1) is 40.5. The van der Waals surface area contributed by atoms with E-state index in [4.69, 9.17) is 15.2 Å². The van der Waals surface area contributed by atoms with Crippen molar-refractivity contribution in [3.63, 3.8) is 0 Å². The summed E-state index contributed by atoms with van der Waals surface area (Å²) < 4.78 is 12.9. The number of nitrogens with one attached hydrogen (secondary N) is 1. The largest absolute Gasteiger partial charge is 0.425 e. The van der Waals surface area contributed by atoms with Crippen molar-refractivity contribution in [1.29, 1.82) is 0 Å². The molecule has 0 saturated carbocycles. The zero-order valence-electron chi connectivity index (χ0n) is 26.7. The first-order valence-electron chi connectivity index (χ1n) is 14.6. The second kappa shape index (κ2) is 18.8. The smallest absolute Gasteiger partial charge is 0.358 e. The summed E-state index contributed by atoms with van der Waals surface area (Å²) in [5.41, 5.74) is 6.91. The number of carbonyl (C=O) groups excluding carboxylic acids is 4. The average molecular weight is 755 g/mol. The minimum absolute atomic E-state index is 0. The zero-order valence-corrected chi connectivity index (χ0v) is 30.8. The van der Waals surface area contributed by atoms with Gasteiger partial charge >= 0.3 is 11.9 Å². The van der Waals surface area contributed by atoms with Gasteiger partial charge in [-0.3, -0.25) is 19.3 Å². The number of nitrogen functional groups attached to an aromatic ring is 1. The van der Waals surface area contributed by atoms with Crippen LogP contribution in [0.15, 0.2) is 21.8 Å². The number of amides is 2. The van der Waals surface area contributed by atoms with Crippen LogP contribution in [0.4, 0.5) is 5.13 Å². The van der Waals surface area contributed by atoms with E-state index in [0.717, 1.165) is 13.0 Å². The lowest BCUT2D eigenvalue weighted by molar-refractivity contribution is -0.195. The molecule has 3 N–H and O–H groups in total. The van der Waals surface area contributed by atoms with E-state index < -0.39 is 35.6 Å². The number of thioether (sulfide) groups is 2. The predicted molar refractivity (Wildman–Crippen MR) is 184 cm³/mol. The molecular formula is C27H41Cl2N9O6S3. The third-order valence-electron chi connectivity index (χ3n) is 6.85. The van der Waals surface area contributed by atoms with E-state index in [1.807, 2.05) is 25.9 Å². The summed E-state index contributed by atoms with van der Waals surface area (Å²) in [5.74, 6) is -1.68. The summed E-state index contributed by atoms with van der Waals surface area (Å²) in [4.78, 5) is 59.9. The monoisotopic (exact) mass is 753 g/mol. The number of likely N-dealkylation sites (N-methyl/N-ethyl adjacent to an activating group) is 1. The molecule has 0 radical (unpaired) electrons. The number of tetrazole rings is 1. The summed E-state index contributed by atoms with van der Waals surface area (Å²) in [6.07, 6.45) is 0.528. The van der Waals surface area contributed by atoms with Gasteiger partial charge in [-0.2, -0.15) is 0 Å². The molecule has 0 aliphatic carbocycles. The average Bonchev–Trinajstić information content (AvgIpc) is 3.63. The predicted octanol–water partition coefficient (Wildman–Crippen LogP) is 2.36. The summed E-state index contributed by atoms with van der Waals surface area (Å²) in [6.45, 7) is 6.83. The molecule has 2 aliphatic heterocycles. The van der Waals surface area contributed by atoms with Gasteiger partial charge in [0.2, 0.25) is 17.4 Å². The van der Waals surface area contributed by atoms with Crippen LogP contribution in [0.2, 0.25) is 0 Å². The first-order chi connectivity index (χ1) is 21.5. The van der Waals surface area contributed by atoms with E-state index in [-0.39, 0.29) is 55.2 Å². The summed E-state index contributed by atoms with van der Waals surface area (Å²) in [5, 5.41) is 16.8. The fourth-order valence-corrected chi connectivity index (χ4v) is 7.38. The Kier molecular flexibility index (Phi) is 16.2. The van der Waals surface area contributed by atoms with E-state index in [2.05, 4.69) is 25.8 Å². The maximum Gasteiger partial charge on any atom is 0.358 e. The maximum absolute atomic E-state index is 13.8. The molecule has 15 nitrogen and oxygen atoms in total. The van der Waals surface area contributed by atoms with Crippen LogP contribution in [0, 0.1) is 5.92 Å². The molecule has 4 rings (SSSR count). The van der Waals surface area contributed by atoms with Crippen LogP contribution < -0.4 is 11.1 Å². The van der Waals surface area contributed by atoms with Crippen LogP contribution in [0.1, 0.15) is 45.7 Å². The van der Waals surface area contributed by atoms with Crippen molar-refractivity contribution in [2.45, 2.75) is 75.9 Å². The van der Waals surface area contributed by atoms with Crippen molar-refractivity contribution >= 4 is 88.6 Å². The number of halogens is 2. The number of anilines is 1. The van der Waals surface area contributed by atoms with Gasteiger partial charge in [0.15, 0.2) is 5.13 Å². The molecular weight excluding hydrogens is 713 g/mol. The second-order valence-electron chi connectivity index (χ2n) is 11.1. The lowest BCUT2D eigenvalue weighted by Crippen LogP contribution is -2.70. The second-order valence-corrected chi connectivity index (χ2v) is 14.1. The number of ether oxygens (including phenoxy) is 2. The van der Waals surface area contributed by atoms with E-state index in [9.17, 15) is 19.2 Å². The van der Waals surface area contributed by atoms with Gasteiger partial charge in [0.05, 0.1) is 18.7 Å². The fraction of sp³-hybridized carbons (Fsp3) is 0.630. The summed E-state index contributed by atoms with van der Waals surface area (Å²) in [6, 6.07) is -0.832. The van der Waals surface area contributed by atoms with Gasteiger partial charge in [-0.15, -0.1) is 53.0 Å². The Bertz CT molecular complexity index is 1420. The number of fused-ring (bicyclic) bond motifs is 1. The van der Waals surface area contributed by atoms with Crippen molar-refractivity contribution in [2.75, 3.05) is 37.9 Å². The molecule has 4 heterocycles. The molecule has 0 spiro atoms. The molecule has 1 fully saturated rings.